The molecule has 1 aromatic carbocycles. The summed E-state index contributed by atoms with van der Waals surface area (Å²) in [6.45, 7) is 0.419. The Bertz CT molecular complexity index is 683. The summed E-state index contributed by atoms with van der Waals surface area (Å²) < 4.78 is 2.13. The van der Waals surface area contributed by atoms with Crippen LogP contribution in [0.2, 0.25) is 0 Å². The molecule has 0 aliphatic carbocycles. The molecule has 3 aromatic rings. The van der Waals surface area contributed by atoms with Gasteiger partial charge in [0.2, 0.25) is 0 Å². The molecule has 0 amide bonds. The van der Waals surface area contributed by atoms with Crippen molar-refractivity contribution in [2.75, 3.05) is 0 Å². The van der Waals surface area contributed by atoms with Gasteiger partial charge in [-0.15, -0.1) is 0 Å². The first-order chi connectivity index (χ1) is 8.79. The minimum Gasteiger partial charge on any atom is -0.342 e. The molecule has 18 heavy (non-hydrogen) atoms. The lowest BCUT2D eigenvalue weighted by atomic mass is 10.2. The van der Waals surface area contributed by atoms with Gasteiger partial charge in [-0.05, 0) is 12.1 Å². The number of aromatic nitrogens is 3. The van der Waals surface area contributed by atoms with Crippen LogP contribution in [0.5, 0.6) is 0 Å². The molecule has 90 valence electrons. The van der Waals surface area contributed by atoms with E-state index in [1.807, 2.05) is 19.2 Å². The predicted octanol–water partition coefficient (Wildman–Crippen LogP) is 2.09. The first-order valence-corrected chi connectivity index (χ1v) is 5.85. The summed E-state index contributed by atoms with van der Waals surface area (Å²) in [4.78, 5) is 8.70. The topological polar surface area (TPSA) is 56.7 Å². The average Bonchev–Trinajstić information content (AvgIpc) is 2.77. The van der Waals surface area contributed by atoms with Crippen LogP contribution in [0.4, 0.5) is 0 Å². The Kier molecular flexibility index (Phi) is 2.57. The van der Waals surface area contributed by atoms with E-state index in [0.29, 0.717) is 6.54 Å². The molecule has 0 aliphatic heterocycles. The van der Waals surface area contributed by atoms with Crippen LogP contribution in [-0.4, -0.2) is 14.5 Å². The highest BCUT2D eigenvalue weighted by Gasteiger charge is 2.08. The van der Waals surface area contributed by atoms with E-state index in [1.165, 1.54) is 10.9 Å². The van der Waals surface area contributed by atoms with E-state index in [1.54, 1.807) is 12.4 Å². The third-order valence-corrected chi connectivity index (χ3v) is 3.13. The third-order valence-electron chi connectivity index (χ3n) is 3.13. The Balaban J connectivity index is 2.15. The standard InChI is InChI=1S/C14H14N4/c1-18-13-5-3-2-4-10(13)6-14(18)12-9-16-11(7-15)8-17-12/h2-6,8-9H,7,15H2,1H3. The molecule has 0 saturated heterocycles. The predicted molar refractivity (Wildman–Crippen MR) is 71.8 cm³/mol. The molecule has 4 heteroatoms. The maximum atomic E-state index is 5.52. The monoisotopic (exact) mass is 238 g/mol. The summed E-state index contributed by atoms with van der Waals surface area (Å²) in [6, 6.07) is 10.4. The number of rotatable bonds is 2. The maximum Gasteiger partial charge on any atom is 0.105 e. The first-order valence-electron chi connectivity index (χ1n) is 5.85. The SMILES string of the molecule is Cn1c(-c2cnc(CN)cn2)cc2ccccc21. The lowest BCUT2D eigenvalue weighted by Crippen LogP contribution is -2.01. The van der Waals surface area contributed by atoms with Gasteiger partial charge in [-0.3, -0.25) is 9.97 Å². The molecule has 3 rings (SSSR count). The zero-order valence-electron chi connectivity index (χ0n) is 10.2. The molecule has 2 N–H and O–H groups in total. The van der Waals surface area contributed by atoms with E-state index < -0.39 is 0 Å². The molecular weight excluding hydrogens is 224 g/mol. The number of nitrogens with zero attached hydrogens (tertiary/aromatic N) is 3. The molecule has 0 atom stereocenters. The Morgan fingerprint density at radius 2 is 2.00 bits per heavy atom. The molecular formula is C14H14N4. The van der Waals surface area contributed by atoms with E-state index in [0.717, 1.165) is 17.1 Å². The van der Waals surface area contributed by atoms with E-state index in [2.05, 4.69) is 32.7 Å². The van der Waals surface area contributed by atoms with Crippen LogP contribution in [0.3, 0.4) is 0 Å². The van der Waals surface area contributed by atoms with Crippen LogP contribution in [0.25, 0.3) is 22.3 Å². The summed E-state index contributed by atoms with van der Waals surface area (Å²) in [6.07, 6.45) is 3.50. The first kappa shape index (κ1) is 10.9. The molecule has 2 aromatic heterocycles. The van der Waals surface area contributed by atoms with Crippen LogP contribution in [0.1, 0.15) is 5.69 Å². The van der Waals surface area contributed by atoms with Gasteiger partial charge in [0.05, 0.1) is 23.8 Å². The molecule has 0 saturated carbocycles. The van der Waals surface area contributed by atoms with Crippen LogP contribution >= 0.6 is 0 Å². The number of hydrogen-bond donors (Lipinski definition) is 1. The quantitative estimate of drug-likeness (QED) is 0.743. The lowest BCUT2D eigenvalue weighted by molar-refractivity contribution is 0.941. The second-order valence-electron chi connectivity index (χ2n) is 4.24. The number of hydrogen-bond acceptors (Lipinski definition) is 3. The van der Waals surface area contributed by atoms with Crippen molar-refractivity contribution in [2.45, 2.75) is 6.54 Å². The fourth-order valence-corrected chi connectivity index (χ4v) is 2.13. The second kappa shape index (κ2) is 4.23. The smallest absolute Gasteiger partial charge is 0.105 e. The van der Waals surface area contributed by atoms with Crippen LogP contribution in [-0.2, 0) is 13.6 Å². The van der Waals surface area contributed by atoms with Crippen molar-refractivity contribution in [2.24, 2.45) is 12.8 Å². The Hall–Kier alpha value is -2.20. The summed E-state index contributed by atoms with van der Waals surface area (Å²) in [5.41, 5.74) is 9.45. The number of aryl methyl sites for hydroxylation is 1. The van der Waals surface area contributed by atoms with Gasteiger partial charge in [-0.2, -0.15) is 0 Å². The Labute approximate surface area is 105 Å². The number of nitrogens with two attached hydrogens (primary N) is 1. The second-order valence-corrected chi connectivity index (χ2v) is 4.24. The number of para-hydroxylation sites is 1. The fraction of sp³-hybridized carbons (Fsp3) is 0.143. The van der Waals surface area contributed by atoms with Gasteiger partial charge >= 0.3 is 0 Å². The van der Waals surface area contributed by atoms with Crippen molar-refractivity contribution in [3.8, 4) is 11.4 Å². The van der Waals surface area contributed by atoms with Crippen molar-refractivity contribution in [3.63, 3.8) is 0 Å². The van der Waals surface area contributed by atoms with E-state index in [9.17, 15) is 0 Å². The zero-order chi connectivity index (χ0) is 12.5. The van der Waals surface area contributed by atoms with Gasteiger partial charge < -0.3 is 10.3 Å². The fourth-order valence-electron chi connectivity index (χ4n) is 2.13. The van der Waals surface area contributed by atoms with Crippen molar-refractivity contribution >= 4 is 10.9 Å². The molecule has 0 fully saturated rings. The minimum absolute atomic E-state index is 0.419. The normalized spacial score (nSPS) is 11.0. The molecule has 0 aliphatic rings. The zero-order valence-corrected chi connectivity index (χ0v) is 10.2. The number of benzene rings is 1. The van der Waals surface area contributed by atoms with E-state index in [-0.39, 0.29) is 0 Å². The van der Waals surface area contributed by atoms with Gasteiger partial charge in [0.25, 0.3) is 0 Å². The van der Waals surface area contributed by atoms with Crippen molar-refractivity contribution in [1.82, 2.24) is 14.5 Å². The molecule has 2 heterocycles. The minimum atomic E-state index is 0.419. The van der Waals surface area contributed by atoms with Crippen LogP contribution < -0.4 is 5.73 Å². The highest BCUT2D eigenvalue weighted by atomic mass is 15.0. The Morgan fingerprint density at radius 1 is 1.17 bits per heavy atom. The van der Waals surface area contributed by atoms with Crippen molar-refractivity contribution in [1.29, 1.82) is 0 Å². The van der Waals surface area contributed by atoms with Crippen molar-refractivity contribution < 1.29 is 0 Å². The average molecular weight is 238 g/mol. The van der Waals surface area contributed by atoms with E-state index in [4.69, 9.17) is 5.73 Å². The maximum absolute atomic E-state index is 5.52. The highest BCUT2D eigenvalue weighted by molar-refractivity contribution is 5.86. The molecule has 0 spiro atoms. The highest BCUT2D eigenvalue weighted by Crippen LogP contribution is 2.25. The van der Waals surface area contributed by atoms with Gasteiger partial charge in [-0.25, -0.2) is 0 Å². The van der Waals surface area contributed by atoms with Crippen LogP contribution in [0, 0.1) is 0 Å². The summed E-state index contributed by atoms with van der Waals surface area (Å²) >= 11 is 0. The molecule has 0 unspecified atom stereocenters. The van der Waals surface area contributed by atoms with Crippen LogP contribution in [0.15, 0.2) is 42.7 Å². The molecule has 0 bridgehead atoms. The summed E-state index contributed by atoms with van der Waals surface area (Å²) in [7, 11) is 2.04. The van der Waals surface area contributed by atoms with Crippen molar-refractivity contribution in [3.05, 3.63) is 48.4 Å². The summed E-state index contributed by atoms with van der Waals surface area (Å²) in [5.74, 6) is 0. The lowest BCUT2D eigenvalue weighted by Gasteiger charge is -2.03. The van der Waals surface area contributed by atoms with Gasteiger partial charge in [-0.1, -0.05) is 18.2 Å². The Morgan fingerprint density at radius 3 is 2.67 bits per heavy atom. The largest absolute Gasteiger partial charge is 0.342 e. The third kappa shape index (κ3) is 1.67. The molecule has 4 nitrogen and oxygen atoms in total. The number of fused-ring (bicyclic) bond motifs is 1. The summed E-state index contributed by atoms with van der Waals surface area (Å²) in [5, 5.41) is 1.21. The molecule has 0 radical (unpaired) electrons. The van der Waals surface area contributed by atoms with Gasteiger partial charge in [0.15, 0.2) is 0 Å². The van der Waals surface area contributed by atoms with Gasteiger partial charge in [0.1, 0.15) is 5.69 Å². The van der Waals surface area contributed by atoms with E-state index >= 15 is 0 Å². The van der Waals surface area contributed by atoms with Gasteiger partial charge in [0, 0.05) is 24.5 Å².